The molecule has 1 saturated heterocycles. The fourth-order valence-electron chi connectivity index (χ4n) is 5.25. The van der Waals surface area contributed by atoms with Crippen molar-refractivity contribution in [2.75, 3.05) is 31.3 Å². The number of fused-ring (bicyclic) bond motifs is 1. The molecule has 34 heavy (non-hydrogen) atoms. The zero-order valence-corrected chi connectivity index (χ0v) is 21.7. The second kappa shape index (κ2) is 8.87. The highest BCUT2D eigenvalue weighted by Crippen LogP contribution is 2.51. The highest BCUT2D eigenvalue weighted by Gasteiger charge is 2.45. The molecule has 0 bridgehead atoms. The van der Waals surface area contributed by atoms with Crippen molar-refractivity contribution in [2.24, 2.45) is 11.1 Å². The molecule has 6 nitrogen and oxygen atoms in total. The summed E-state index contributed by atoms with van der Waals surface area (Å²) in [7, 11) is -2.73. The summed E-state index contributed by atoms with van der Waals surface area (Å²) in [6.07, 6.45) is 6.64. The third-order valence-electron chi connectivity index (χ3n) is 7.10. The van der Waals surface area contributed by atoms with E-state index in [4.69, 9.17) is 17.3 Å². The quantitative estimate of drug-likeness (QED) is 0.469. The van der Waals surface area contributed by atoms with Crippen molar-refractivity contribution < 1.29 is 9.67 Å². The van der Waals surface area contributed by atoms with Crippen molar-refractivity contribution in [3.63, 3.8) is 0 Å². The Bertz CT molecular complexity index is 1270. The molecule has 5 rings (SSSR count). The van der Waals surface area contributed by atoms with Crippen LogP contribution in [0.25, 0.3) is 0 Å². The van der Waals surface area contributed by atoms with E-state index >= 15 is 0 Å². The van der Waals surface area contributed by atoms with Crippen molar-refractivity contribution in [3.05, 3.63) is 64.9 Å². The topological polar surface area (TPSA) is 92.3 Å². The van der Waals surface area contributed by atoms with Crippen LogP contribution in [0.4, 0.5) is 5.82 Å². The van der Waals surface area contributed by atoms with Crippen molar-refractivity contribution >= 4 is 41.6 Å². The number of nitrogens with two attached hydrogens (primary N) is 1. The molecule has 1 spiro atoms. The van der Waals surface area contributed by atoms with Crippen LogP contribution in [-0.2, 0) is 11.0 Å². The van der Waals surface area contributed by atoms with Gasteiger partial charge in [0.1, 0.15) is 23.7 Å². The van der Waals surface area contributed by atoms with E-state index in [0.717, 1.165) is 38.2 Å². The van der Waals surface area contributed by atoms with Gasteiger partial charge in [-0.25, -0.2) is 9.97 Å². The zero-order chi connectivity index (χ0) is 24.1. The maximum atomic E-state index is 12.6. The monoisotopic (exact) mass is 514 g/mol. The molecule has 0 unspecified atom stereocenters. The number of piperidine rings is 1. The third kappa shape index (κ3) is 4.24. The van der Waals surface area contributed by atoms with Crippen LogP contribution in [0.2, 0.25) is 5.02 Å². The summed E-state index contributed by atoms with van der Waals surface area (Å²) < 4.78 is 12.6. The standard InChI is InChI=1S/C25H28ClN4O2PS/c1-33(2,32)23-18(31)7-8-19(22(23)26)34-21-15-28-20(14-29-21)30-11-9-25(10-12-30)13-16-5-3-4-6-17(16)24(25)27/h3-8,14-15,24,31H,9-13,27H2,1-2H3/t24-/m1/s1. The number of hydrogen-bond donors (Lipinski definition) is 2. The minimum atomic E-state index is -2.73. The molecule has 0 amide bonds. The van der Waals surface area contributed by atoms with Crippen molar-refractivity contribution in [3.8, 4) is 5.75 Å². The first-order valence-corrected chi connectivity index (χ1v) is 15.1. The van der Waals surface area contributed by atoms with Crippen LogP contribution < -0.4 is 15.9 Å². The van der Waals surface area contributed by atoms with Gasteiger partial charge in [0, 0.05) is 24.0 Å². The largest absolute Gasteiger partial charge is 0.507 e. The molecule has 2 heterocycles. The van der Waals surface area contributed by atoms with Crippen LogP contribution >= 0.6 is 30.5 Å². The minimum Gasteiger partial charge on any atom is -0.507 e. The molecule has 1 aliphatic carbocycles. The summed E-state index contributed by atoms with van der Waals surface area (Å²) in [6.45, 7) is 4.99. The summed E-state index contributed by atoms with van der Waals surface area (Å²) in [5, 5.41) is 11.4. The van der Waals surface area contributed by atoms with Crippen molar-refractivity contribution in [1.29, 1.82) is 0 Å². The van der Waals surface area contributed by atoms with E-state index in [1.165, 1.54) is 29.0 Å². The van der Waals surface area contributed by atoms with Crippen LogP contribution in [-0.4, -0.2) is 41.5 Å². The minimum absolute atomic E-state index is 0.0444. The van der Waals surface area contributed by atoms with Crippen molar-refractivity contribution in [1.82, 2.24) is 9.97 Å². The number of rotatable bonds is 4. The molecule has 1 atom stereocenters. The van der Waals surface area contributed by atoms with Crippen LogP contribution in [0.1, 0.15) is 30.0 Å². The number of nitrogens with zero attached hydrogens (tertiary/aromatic N) is 3. The van der Waals surface area contributed by atoms with Crippen LogP contribution in [0.5, 0.6) is 5.75 Å². The molecular formula is C25H28ClN4O2PS. The van der Waals surface area contributed by atoms with Gasteiger partial charge in [0.25, 0.3) is 0 Å². The van der Waals surface area contributed by atoms with E-state index in [9.17, 15) is 9.67 Å². The Morgan fingerprint density at radius 3 is 2.53 bits per heavy atom. The molecule has 1 fully saturated rings. The number of halogens is 1. The molecule has 3 N–H and O–H groups in total. The number of phenolic OH excluding ortho intramolecular Hbond substituents is 1. The van der Waals surface area contributed by atoms with Gasteiger partial charge in [-0.15, -0.1) is 0 Å². The van der Waals surface area contributed by atoms with Gasteiger partial charge in [0.2, 0.25) is 0 Å². The molecule has 3 aromatic rings. The number of hydrogen-bond acceptors (Lipinski definition) is 7. The number of aromatic hydroxyl groups is 1. The van der Waals surface area contributed by atoms with Gasteiger partial charge in [-0.1, -0.05) is 47.6 Å². The van der Waals surface area contributed by atoms with Crippen LogP contribution in [0.3, 0.4) is 0 Å². The Morgan fingerprint density at radius 1 is 1.15 bits per heavy atom. The van der Waals surface area contributed by atoms with E-state index in [2.05, 4.69) is 39.1 Å². The number of anilines is 1. The molecule has 2 aromatic carbocycles. The smallest absolute Gasteiger partial charge is 0.147 e. The summed E-state index contributed by atoms with van der Waals surface area (Å²) >= 11 is 7.83. The lowest BCUT2D eigenvalue weighted by molar-refractivity contribution is 0.187. The molecule has 1 aromatic heterocycles. The van der Waals surface area contributed by atoms with Crippen molar-refractivity contribution in [2.45, 2.75) is 35.2 Å². The number of aromatic nitrogens is 2. The average Bonchev–Trinajstić information content (AvgIpc) is 3.07. The lowest BCUT2D eigenvalue weighted by Gasteiger charge is -2.42. The predicted octanol–water partition coefficient (Wildman–Crippen LogP) is 5.08. The molecule has 1 aliphatic heterocycles. The summed E-state index contributed by atoms with van der Waals surface area (Å²) in [4.78, 5) is 12.2. The summed E-state index contributed by atoms with van der Waals surface area (Å²) in [5.74, 6) is 0.810. The first kappa shape index (κ1) is 23.7. The van der Waals surface area contributed by atoms with E-state index in [1.54, 1.807) is 31.8 Å². The molecule has 2 aliphatic rings. The Hall–Kier alpha value is -2.05. The molecular weight excluding hydrogens is 487 g/mol. The fraction of sp³-hybridized carbons (Fsp3) is 0.360. The number of benzene rings is 2. The highest BCUT2D eigenvalue weighted by molar-refractivity contribution is 7.99. The highest BCUT2D eigenvalue weighted by atomic mass is 35.5. The van der Waals surface area contributed by atoms with Gasteiger partial charge in [-0.05, 0) is 61.3 Å². The van der Waals surface area contributed by atoms with E-state index in [1.807, 2.05) is 0 Å². The van der Waals surface area contributed by atoms with Gasteiger partial charge in [0.15, 0.2) is 0 Å². The molecule has 9 heteroatoms. The maximum absolute atomic E-state index is 12.6. The second-order valence-corrected chi connectivity index (χ2v) is 14.2. The van der Waals surface area contributed by atoms with Gasteiger partial charge in [0.05, 0.1) is 22.7 Å². The van der Waals surface area contributed by atoms with Gasteiger partial charge in [-0.2, -0.15) is 0 Å². The second-order valence-electron chi connectivity index (χ2n) is 9.61. The lowest BCUT2D eigenvalue weighted by atomic mass is 9.73. The Kier molecular flexibility index (Phi) is 6.18. The SMILES string of the molecule is CP(C)(=O)c1c(O)ccc(Sc2cnc(N3CCC4(CC3)Cc3ccccc3[C@H]4N)cn2)c1Cl. The molecule has 178 valence electrons. The average molecular weight is 515 g/mol. The third-order valence-corrected chi connectivity index (χ3v) is 10.2. The van der Waals surface area contributed by atoms with Gasteiger partial charge in [-0.3, -0.25) is 0 Å². The number of phenols is 1. The Balaban J connectivity index is 1.27. The zero-order valence-electron chi connectivity index (χ0n) is 19.2. The van der Waals surface area contributed by atoms with Gasteiger partial charge >= 0.3 is 0 Å². The van der Waals surface area contributed by atoms with Crippen LogP contribution in [0, 0.1) is 5.41 Å². The fourth-order valence-corrected chi connectivity index (χ4v) is 8.20. The molecule has 0 saturated carbocycles. The summed E-state index contributed by atoms with van der Waals surface area (Å²) in [5.41, 5.74) is 9.53. The molecule has 0 radical (unpaired) electrons. The van der Waals surface area contributed by atoms with E-state index in [-0.39, 0.29) is 17.2 Å². The summed E-state index contributed by atoms with van der Waals surface area (Å²) in [6, 6.07) is 11.9. The Labute approximate surface area is 209 Å². The normalized spacial score (nSPS) is 19.4. The van der Waals surface area contributed by atoms with E-state index in [0.29, 0.717) is 20.2 Å². The lowest BCUT2D eigenvalue weighted by Crippen LogP contribution is -2.44. The van der Waals surface area contributed by atoms with Gasteiger partial charge < -0.3 is 20.3 Å². The predicted molar refractivity (Wildman–Crippen MR) is 139 cm³/mol. The first-order chi connectivity index (χ1) is 16.2. The Morgan fingerprint density at radius 2 is 1.88 bits per heavy atom. The van der Waals surface area contributed by atoms with Crippen LogP contribution in [0.15, 0.2) is 58.7 Å². The maximum Gasteiger partial charge on any atom is 0.147 e. The first-order valence-electron chi connectivity index (χ1n) is 11.3. The van der Waals surface area contributed by atoms with E-state index < -0.39 is 7.14 Å².